The molecule has 1 N–H and O–H groups in total. The van der Waals surface area contributed by atoms with Crippen LogP contribution in [0.2, 0.25) is 0 Å². The van der Waals surface area contributed by atoms with Gasteiger partial charge in [-0.1, -0.05) is 29.5 Å². The minimum absolute atomic E-state index is 0.102. The van der Waals surface area contributed by atoms with Gasteiger partial charge in [-0.2, -0.15) is 0 Å². The lowest BCUT2D eigenvalue weighted by Gasteiger charge is -2.14. The number of aromatic hydroxyl groups is 1. The minimum Gasteiger partial charge on any atom is -0.507 e. The molecule has 0 unspecified atom stereocenters. The molecule has 1 aromatic carbocycles. The smallest absolute Gasteiger partial charge is 0.341 e. The van der Waals surface area contributed by atoms with Crippen LogP contribution in [0.1, 0.15) is 36.5 Å². The molecule has 0 spiro atoms. The molecular formula is C17H26INO4. The second-order valence-electron chi connectivity index (χ2n) is 5.21. The highest BCUT2D eigenvalue weighted by atomic mass is 127. The van der Waals surface area contributed by atoms with E-state index in [2.05, 4.69) is 27.5 Å². The molecule has 130 valence electrons. The number of hydrogen-bond donors (Lipinski definition) is 1. The molecule has 0 saturated carbocycles. The Kier molecular flexibility index (Phi) is 10.0. The molecule has 1 fully saturated rings. The summed E-state index contributed by atoms with van der Waals surface area (Å²) in [5.41, 5.74) is 0.181. The number of phenols is 1. The van der Waals surface area contributed by atoms with Gasteiger partial charge in [0.05, 0.1) is 6.61 Å². The number of alkyl halides is 1. The average Bonchev–Trinajstić information content (AvgIpc) is 3.08. The van der Waals surface area contributed by atoms with E-state index >= 15 is 0 Å². The van der Waals surface area contributed by atoms with Crippen LogP contribution in [-0.2, 0) is 4.74 Å². The predicted molar refractivity (Wildman–Crippen MR) is 99.8 cm³/mol. The number of halogens is 1. The van der Waals surface area contributed by atoms with Crippen LogP contribution in [0, 0.1) is 0 Å². The Balaban J connectivity index is 0.00000127. The zero-order valence-electron chi connectivity index (χ0n) is 13.9. The normalized spacial score (nSPS) is 14.0. The van der Waals surface area contributed by atoms with Crippen LogP contribution in [-0.4, -0.2) is 53.8 Å². The quantitative estimate of drug-likeness (QED) is 0.404. The summed E-state index contributed by atoms with van der Waals surface area (Å²) in [6, 6.07) is 4.66. The number of hydrogen-bond acceptors (Lipinski definition) is 5. The van der Waals surface area contributed by atoms with E-state index in [0.717, 1.165) is 26.1 Å². The minimum atomic E-state index is -0.492. The molecule has 6 heteroatoms. The fraction of sp³-hybridized carbons (Fsp3) is 0.588. The van der Waals surface area contributed by atoms with Crippen molar-refractivity contribution in [2.75, 3.05) is 37.8 Å². The SMILES string of the molecule is CCCOc1ccc(C(=O)OCCN2CCCC2)c(O)c1.CI. The fourth-order valence-corrected chi connectivity index (χ4v) is 2.35. The van der Waals surface area contributed by atoms with Gasteiger partial charge in [-0.25, -0.2) is 4.79 Å². The number of esters is 1. The van der Waals surface area contributed by atoms with Gasteiger partial charge in [0.15, 0.2) is 0 Å². The van der Waals surface area contributed by atoms with Crippen LogP contribution >= 0.6 is 22.6 Å². The second-order valence-corrected chi connectivity index (χ2v) is 5.21. The highest BCUT2D eigenvalue weighted by Gasteiger charge is 2.15. The topological polar surface area (TPSA) is 59.0 Å². The number of benzene rings is 1. The molecule has 0 radical (unpaired) electrons. The number of carbonyl (C=O) groups is 1. The van der Waals surface area contributed by atoms with E-state index in [0.29, 0.717) is 19.0 Å². The van der Waals surface area contributed by atoms with Crippen molar-refractivity contribution in [1.82, 2.24) is 4.90 Å². The van der Waals surface area contributed by atoms with Crippen molar-refractivity contribution in [2.45, 2.75) is 26.2 Å². The van der Waals surface area contributed by atoms with Crippen molar-refractivity contribution >= 4 is 28.6 Å². The molecule has 0 atom stereocenters. The summed E-state index contributed by atoms with van der Waals surface area (Å²) in [7, 11) is 0. The average molecular weight is 435 g/mol. The summed E-state index contributed by atoms with van der Waals surface area (Å²) in [6.07, 6.45) is 3.32. The Hall–Kier alpha value is -1.02. The van der Waals surface area contributed by atoms with Crippen molar-refractivity contribution < 1.29 is 19.4 Å². The van der Waals surface area contributed by atoms with Crippen LogP contribution in [0.3, 0.4) is 0 Å². The molecule has 1 aliphatic rings. The monoisotopic (exact) mass is 435 g/mol. The Labute approximate surface area is 152 Å². The Bertz CT molecular complexity index is 476. The van der Waals surface area contributed by atoms with Crippen LogP contribution in [0.25, 0.3) is 0 Å². The Morgan fingerprint density at radius 3 is 2.57 bits per heavy atom. The van der Waals surface area contributed by atoms with Gasteiger partial charge in [-0.3, -0.25) is 4.90 Å². The van der Waals surface area contributed by atoms with E-state index in [1.807, 2.05) is 11.9 Å². The van der Waals surface area contributed by atoms with E-state index in [4.69, 9.17) is 9.47 Å². The maximum Gasteiger partial charge on any atom is 0.341 e. The van der Waals surface area contributed by atoms with Gasteiger partial charge in [0.2, 0.25) is 0 Å². The fourth-order valence-electron chi connectivity index (χ4n) is 2.35. The van der Waals surface area contributed by atoms with E-state index in [1.54, 1.807) is 12.1 Å². The van der Waals surface area contributed by atoms with E-state index in [-0.39, 0.29) is 11.3 Å². The van der Waals surface area contributed by atoms with Crippen molar-refractivity contribution in [3.05, 3.63) is 23.8 Å². The zero-order chi connectivity index (χ0) is 17.1. The first-order chi connectivity index (χ1) is 11.2. The van der Waals surface area contributed by atoms with Crippen LogP contribution in [0.4, 0.5) is 0 Å². The number of rotatable bonds is 7. The summed E-state index contributed by atoms with van der Waals surface area (Å²) in [5.74, 6) is -0.0357. The summed E-state index contributed by atoms with van der Waals surface area (Å²) in [6.45, 7) is 5.85. The van der Waals surface area contributed by atoms with Gasteiger partial charge < -0.3 is 14.6 Å². The van der Waals surface area contributed by atoms with Gasteiger partial charge in [-0.05, 0) is 49.4 Å². The first kappa shape index (κ1) is 20.0. The Morgan fingerprint density at radius 1 is 1.26 bits per heavy atom. The lowest BCUT2D eigenvalue weighted by molar-refractivity contribution is 0.0469. The molecule has 1 aromatic rings. The van der Waals surface area contributed by atoms with Crippen LogP contribution < -0.4 is 4.74 Å². The van der Waals surface area contributed by atoms with Gasteiger partial charge in [0, 0.05) is 12.6 Å². The van der Waals surface area contributed by atoms with Crippen molar-refractivity contribution in [3.63, 3.8) is 0 Å². The number of nitrogens with zero attached hydrogens (tertiary/aromatic N) is 1. The molecule has 5 nitrogen and oxygen atoms in total. The first-order valence-electron chi connectivity index (χ1n) is 7.94. The number of phenolic OH excluding ortho intramolecular Hbond substituents is 1. The standard InChI is InChI=1S/C16H23NO4.CH3I/c1-2-10-20-13-5-6-14(15(18)12-13)16(19)21-11-9-17-7-3-4-8-17;1-2/h5-6,12,18H,2-4,7-11H2,1H3;1H3. The second kappa shape index (κ2) is 11.5. The van der Waals surface area contributed by atoms with Gasteiger partial charge in [0.1, 0.15) is 23.7 Å². The molecule has 1 heterocycles. The summed E-state index contributed by atoms with van der Waals surface area (Å²) in [5, 5.41) is 9.88. The molecule has 0 aromatic heterocycles. The maximum atomic E-state index is 11.9. The first-order valence-corrected chi connectivity index (χ1v) is 10.1. The summed E-state index contributed by atoms with van der Waals surface area (Å²) < 4.78 is 10.6. The summed E-state index contributed by atoms with van der Waals surface area (Å²) >= 11 is 2.15. The van der Waals surface area contributed by atoms with Gasteiger partial charge >= 0.3 is 5.97 Å². The highest BCUT2D eigenvalue weighted by molar-refractivity contribution is 14.1. The van der Waals surface area contributed by atoms with Gasteiger partial charge in [-0.15, -0.1) is 0 Å². The Morgan fingerprint density at radius 2 is 1.96 bits per heavy atom. The van der Waals surface area contributed by atoms with E-state index < -0.39 is 5.97 Å². The maximum absolute atomic E-state index is 11.9. The lowest BCUT2D eigenvalue weighted by atomic mass is 10.2. The third-order valence-electron chi connectivity index (χ3n) is 3.50. The molecule has 1 aliphatic heterocycles. The van der Waals surface area contributed by atoms with E-state index in [9.17, 15) is 9.90 Å². The van der Waals surface area contributed by atoms with Crippen molar-refractivity contribution in [3.8, 4) is 11.5 Å². The van der Waals surface area contributed by atoms with Gasteiger partial charge in [0.25, 0.3) is 0 Å². The molecule has 0 amide bonds. The molecule has 0 bridgehead atoms. The zero-order valence-corrected chi connectivity index (χ0v) is 16.0. The van der Waals surface area contributed by atoms with Crippen LogP contribution in [0.15, 0.2) is 18.2 Å². The highest BCUT2D eigenvalue weighted by Crippen LogP contribution is 2.24. The van der Waals surface area contributed by atoms with Crippen LogP contribution in [0.5, 0.6) is 11.5 Å². The molecule has 1 saturated heterocycles. The van der Waals surface area contributed by atoms with Crippen molar-refractivity contribution in [2.24, 2.45) is 0 Å². The van der Waals surface area contributed by atoms with Crippen molar-refractivity contribution in [1.29, 1.82) is 0 Å². The lowest BCUT2D eigenvalue weighted by Crippen LogP contribution is -2.25. The predicted octanol–water partition coefficient (Wildman–Crippen LogP) is 3.48. The summed E-state index contributed by atoms with van der Waals surface area (Å²) in [4.78, 5) is 16.2. The molecular weight excluding hydrogens is 409 g/mol. The number of ether oxygens (including phenoxy) is 2. The molecule has 2 rings (SSSR count). The number of carbonyl (C=O) groups excluding carboxylic acids is 1. The third kappa shape index (κ3) is 6.95. The number of likely N-dealkylation sites (tertiary alicyclic amines) is 1. The van der Waals surface area contributed by atoms with E-state index in [1.165, 1.54) is 18.9 Å². The third-order valence-corrected chi connectivity index (χ3v) is 3.50. The largest absolute Gasteiger partial charge is 0.507 e. The molecule has 0 aliphatic carbocycles. The molecule has 23 heavy (non-hydrogen) atoms.